The van der Waals surface area contributed by atoms with Gasteiger partial charge < -0.3 is 10.1 Å². The standard InChI is InChI=1S/C12H16FN5O/c1-4-14-8(2)12-15-16-17-18(12)9-5-6-10(13)11(7-9)19-3/h5-8,14H,4H2,1-3H3. The number of hydrogen-bond acceptors (Lipinski definition) is 5. The number of nitrogens with one attached hydrogen (secondary N) is 1. The van der Waals surface area contributed by atoms with Crippen molar-refractivity contribution in [3.8, 4) is 11.4 Å². The van der Waals surface area contributed by atoms with Crippen molar-refractivity contribution >= 4 is 0 Å². The SMILES string of the molecule is CCNC(C)c1nnnn1-c1ccc(F)c(OC)c1. The smallest absolute Gasteiger partial charge is 0.173 e. The van der Waals surface area contributed by atoms with E-state index in [1.54, 1.807) is 16.8 Å². The Hall–Kier alpha value is -2.02. The van der Waals surface area contributed by atoms with Crippen LogP contribution in [0.15, 0.2) is 18.2 Å². The van der Waals surface area contributed by atoms with Gasteiger partial charge >= 0.3 is 0 Å². The molecule has 0 saturated carbocycles. The van der Waals surface area contributed by atoms with Crippen LogP contribution in [0.4, 0.5) is 4.39 Å². The maximum absolute atomic E-state index is 13.4. The normalized spacial score (nSPS) is 12.4. The zero-order valence-corrected chi connectivity index (χ0v) is 11.1. The summed E-state index contributed by atoms with van der Waals surface area (Å²) in [5.41, 5.74) is 0.656. The number of ether oxygens (including phenoxy) is 1. The average molecular weight is 265 g/mol. The lowest BCUT2D eigenvalue weighted by molar-refractivity contribution is 0.386. The van der Waals surface area contributed by atoms with Gasteiger partial charge in [0.05, 0.1) is 18.8 Å². The number of methoxy groups -OCH3 is 1. The van der Waals surface area contributed by atoms with Crippen LogP contribution in [0.1, 0.15) is 25.7 Å². The summed E-state index contributed by atoms with van der Waals surface area (Å²) in [6.07, 6.45) is 0. The molecule has 1 aromatic carbocycles. The van der Waals surface area contributed by atoms with E-state index in [1.807, 2.05) is 13.8 Å². The van der Waals surface area contributed by atoms with Crippen LogP contribution in [-0.2, 0) is 0 Å². The van der Waals surface area contributed by atoms with Crippen molar-refractivity contribution in [2.45, 2.75) is 19.9 Å². The number of aromatic nitrogens is 4. The molecule has 1 N–H and O–H groups in total. The number of nitrogens with zero attached hydrogens (tertiary/aromatic N) is 4. The molecule has 19 heavy (non-hydrogen) atoms. The average Bonchev–Trinajstić information content (AvgIpc) is 2.89. The fraction of sp³-hybridized carbons (Fsp3) is 0.417. The summed E-state index contributed by atoms with van der Waals surface area (Å²) in [4.78, 5) is 0. The van der Waals surface area contributed by atoms with Gasteiger partial charge in [-0.3, -0.25) is 0 Å². The van der Waals surface area contributed by atoms with Gasteiger partial charge in [0, 0.05) is 6.07 Å². The van der Waals surface area contributed by atoms with E-state index in [0.29, 0.717) is 11.5 Å². The monoisotopic (exact) mass is 265 g/mol. The van der Waals surface area contributed by atoms with Crippen LogP contribution in [0.5, 0.6) is 5.75 Å². The fourth-order valence-electron chi connectivity index (χ4n) is 1.83. The number of benzene rings is 1. The number of halogens is 1. The van der Waals surface area contributed by atoms with Crippen molar-refractivity contribution in [2.24, 2.45) is 0 Å². The zero-order valence-electron chi connectivity index (χ0n) is 11.1. The van der Waals surface area contributed by atoms with Gasteiger partial charge in [0.1, 0.15) is 0 Å². The van der Waals surface area contributed by atoms with E-state index >= 15 is 0 Å². The highest BCUT2D eigenvalue weighted by atomic mass is 19.1. The van der Waals surface area contributed by atoms with Gasteiger partial charge in [-0.25, -0.2) is 4.39 Å². The first kappa shape index (κ1) is 13.4. The molecule has 1 aromatic heterocycles. The first-order valence-electron chi connectivity index (χ1n) is 6.03. The Balaban J connectivity index is 2.39. The van der Waals surface area contributed by atoms with Crippen molar-refractivity contribution in [2.75, 3.05) is 13.7 Å². The molecule has 0 aliphatic heterocycles. The Morgan fingerprint density at radius 1 is 1.47 bits per heavy atom. The molecule has 6 nitrogen and oxygen atoms in total. The minimum Gasteiger partial charge on any atom is -0.494 e. The zero-order chi connectivity index (χ0) is 13.8. The first-order valence-corrected chi connectivity index (χ1v) is 6.03. The molecule has 102 valence electrons. The summed E-state index contributed by atoms with van der Waals surface area (Å²) < 4.78 is 19.9. The molecule has 0 aliphatic carbocycles. The van der Waals surface area contributed by atoms with Gasteiger partial charge in [-0.1, -0.05) is 6.92 Å². The third-order valence-corrected chi connectivity index (χ3v) is 2.77. The predicted molar refractivity (Wildman–Crippen MR) is 67.8 cm³/mol. The topological polar surface area (TPSA) is 64.9 Å². The largest absolute Gasteiger partial charge is 0.494 e. The summed E-state index contributed by atoms with van der Waals surface area (Å²) in [5.74, 6) is 0.408. The highest BCUT2D eigenvalue weighted by molar-refractivity contribution is 5.40. The van der Waals surface area contributed by atoms with Crippen molar-refractivity contribution in [3.63, 3.8) is 0 Å². The van der Waals surface area contributed by atoms with Crippen LogP contribution in [-0.4, -0.2) is 33.9 Å². The van der Waals surface area contributed by atoms with E-state index < -0.39 is 5.82 Å². The second kappa shape index (κ2) is 5.75. The van der Waals surface area contributed by atoms with Gasteiger partial charge in [0.2, 0.25) is 0 Å². The van der Waals surface area contributed by atoms with Crippen molar-refractivity contribution in [3.05, 3.63) is 29.8 Å². The maximum Gasteiger partial charge on any atom is 0.173 e. The van der Waals surface area contributed by atoms with E-state index in [-0.39, 0.29) is 11.8 Å². The Morgan fingerprint density at radius 2 is 2.26 bits per heavy atom. The van der Waals surface area contributed by atoms with Crippen LogP contribution >= 0.6 is 0 Å². The van der Waals surface area contributed by atoms with E-state index in [0.717, 1.165) is 6.54 Å². The number of rotatable bonds is 5. The summed E-state index contributed by atoms with van der Waals surface area (Å²) >= 11 is 0. The molecular formula is C12H16FN5O. The number of tetrazole rings is 1. The van der Waals surface area contributed by atoms with Gasteiger partial charge in [-0.05, 0) is 36.0 Å². The molecule has 7 heteroatoms. The molecule has 1 atom stereocenters. The van der Waals surface area contributed by atoms with Crippen molar-refractivity contribution in [1.29, 1.82) is 0 Å². The Morgan fingerprint density at radius 3 is 2.95 bits per heavy atom. The van der Waals surface area contributed by atoms with Crippen LogP contribution < -0.4 is 10.1 Å². The maximum atomic E-state index is 13.4. The van der Waals surface area contributed by atoms with Gasteiger partial charge in [0.25, 0.3) is 0 Å². The molecule has 0 saturated heterocycles. The van der Waals surface area contributed by atoms with Gasteiger partial charge in [-0.15, -0.1) is 5.10 Å². The summed E-state index contributed by atoms with van der Waals surface area (Å²) in [6, 6.07) is 4.50. The Bertz CT molecular complexity index is 557. The van der Waals surface area contributed by atoms with Crippen LogP contribution in [0.3, 0.4) is 0 Å². The quantitative estimate of drug-likeness (QED) is 0.887. The Labute approximate surface area is 110 Å². The second-order valence-corrected chi connectivity index (χ2v) is 4.05. The molecule has 1 unspecified atom stereocenters. The predicted octanol–water partition coefficient (Wildman–Crippen LogP) is 1.48. The van der Waals surface area contributed by atoms with Crippen molar-refractivity contribution in [1.82, 2.24) is 25.5 Å². The summed E-state index contributed by atoms with van der Waals surface area (Å²) in [7, 11) is 1.42. The molecule has 0 fully saturated rings. The fourth-order valence-corrected chi connectivity index (χ4v) is 1.83. The first-order chi connectivity index (χ1) is 9.17. The molecule has 2 aromatic rings. The molecule has 0 amide bonds. The van der Waals surface area contributed by atoms with Crippen LogP contribution in [0.2, 0.25) is 0 Å². The second-order valence-electron chi connectivity index (χ2n) is 4.05. The van der Waals surface area contributed by atoms with E-state index in [1.165, 1.54) is 13.2 Å². The lowest BCUT2D eigenvalue weighted by Crippen LogP contribution is -2.21. The van der Waals surface area contributed by atoms with Gasteiger partial charge in [0.15, 0.2) is 17.4 Å². The van der Waals surface area contributed by atoms with Crippen LogP contribution in [0, 0.1) is 5.82 Å². The number of hydrogen-bond donors (Lipinski definition) is 1. The third-order valence-electron chi connectivity index (χ3n) is 2.77. The third kappa shape index (κ3) is 2.70. The van der Waals surface area contributed by atoms with Gasteiger partial charge in [-0.2, -0.15) is 4.68 Å². The van der Waals surface area contributed by atoms with E-state index in [4.69, 9.17) is 4.74 Å². The molecular weight excluding hydrogens is 249 g/mol. The van der Waals surface area contributed by atoms with E-state index in [9.17, 15) is 4.39 Å². The minimum atomic E-state index is -0.416. The minimum absolute atomic E-state index is 0.00366. The lowest BCUT2D eigenvalue weighted by Gasteiger charge is -2.12. The molecule has 0 aliphatic rings. The van der Waals surface area contributed by atoms with E-state index in [2.05, 4.69) is 20.8 Å². The molecule has 0 bridgehead atoms. The molecule has 0 radical (unpaired) electrons. The molecule has 2 rings (SSSR count). The van der Waals surface area contributed by atoms with Crippen molar-refractivity contribution < 1.29 is 9.13 Å². The lowest BCUT2D eigenvalue weighted by atomic mass is 10.2. The van der Waals surface area contributed by atoms with Crippen LogP contribution in [0.25, 0.3) is 5.69 Å². The summed E-state index contributed by atoms with van der Waals surface area (Å²) in [5, 5.41) is 14.8. The highest BCUT2D eigenvalue weighted by Gasteiger charge is 2.16. The Kier molecular flexibility index (Phi) is 4.06. The summed E-state index contributed by atoms with van der Waals surface area (Å²) in [6.45, 7) is 4.78. The molecule has 1 heterocycles. The highest BCUT2D eigenvalue weighted by Crippen LogP contribution is 2.22. The molecule has 0 spiro atoms.